The molecule has 6 heteroatoms. The summed E-state index contributed by atoms with van der Waals surface area (Å²) in [7, 11) is 0. The zero-order chi connectivity index (χ0) is 19.8. The first-order valence-electron chi connectivity index (χ1n) is 11.1. The van der Waals surface area contributed by atoms with Crippen LogP contribution in [0.5, 0.6) is 11.5 Å². The molecule has 6 nitrogen and oxygen atoms in total. The Labute approximate surface area is 171 Å². The number of benzene rings is 1. The van der Waals surface area contributed by atoms with E-state index in [1.807, 2.05) is 6.07 Å². The van der Waals surface area contributed by atoms with Gasteiger partial charge in [-0.2, -0.15) is 0 Å². The lowest BCUT2D eigenvalue weighted by atomic mass is 9.86. The van der Waals surface area contributed by atoms with Gasteiger partial charge in [0, 0.05) is 31.0 Å². The van der Waals surface area contributed by atoms with Crippen molar-refractivity contribution in [2.75, 3.05) is 11.9 Å². The summed E-state index contributed by atoms with van der Waals surface area (Å²) in [6, 6.07) is 5.40. The van der Waals surface area contributed by atoms with E-state index in [0.29, 0.717) is 29.7 Å². The fraction of sp³-hybridized carbons (Fsp3) is 0.652. The van der Waals surface area contributed by atoms with Crippen LogP contribution in [0.4, 0.5) is 5.69 Å². The summed E-state index contributed by atoms with van der Waals surface area (Å²) < 4.78 is 17.4. The standard InChI is InChI=1S/C23H29NO5/c25-21(14-27-22(26)12-17-11-15-4-5-16(17)10-15)24-18-6-7-19-20(13-18)29-23(28-19)8-2-1-3-9-23/h6-7,13,15-17H,1-5,8-12,14H2,(H,24,25)/t15-,16-,17+/m1/s1. The van der Waals surface area contributed by atoms with Gasteiger partial charge < -0.3 is 19.5 Å². The predicted molar refractivity (Wildman–Crippen MR) is 107 cm³/mol. The van der Waals surface area contributed by atoms with Crippen LogP contribution in [0.1, 0.15) is 64.2 Å². The van der Waals surface area contributed by atoms with Crippen LogP contribution in [-0.4, -0.2) is 24.3 Å². The molecule has 1 heterocycles. The molecule has 2 bridgehead atoms. The number of hydrogen-bond donors (Lipinski definition) is 1. The molecule has 0 saturated heterocycles. The van der Waals surface area contributed by atoms with Gasteiger partial charge >= 0.3 is 5.97 Å². The van der Waals surface area contributed by atoms with Crippen LogP contribution in [0.3, 0.4) is 0 Å². The molecule has 29 heavy (non-hydrogen) atoms. The Hall–Kier alpha value is -2.24. The molecule has 4 aliphatic rings. The van der Waals surface area contributed by atoms with Gasteiger partial charge in [0.15, 0.2) is 18.1 Å². The molecule has 1 aromatic carbocycles. The molecule has 3 fully saturated rings. The molecule has 3 atom stereocenters. The molecule has 0 aromatic heterocycles. The third-order valence-corrected chi connectivity index (χ3v) is 7.11. The number of anilines is 1. The van der Waals surface area contributed by atoms with Crippen LogP contribution in [-0.2, 0) is 14.3 Å². The van der Waals surface area contributed by atoms with Crippen LogP contribution < -0.4 is 14.8 Å². The van der Waals surface area contributed by atoms with Crippen LogP contribution in [0, 0.1) is 17.8 Å². The molecular formula is C23H29NO5. The molecule has 1 aromatic rings. The molecule has 5 rings (SSSR count). The van der Waals surface area contributed by atoms with Crippen molar-refractivity contribution in [3.05, 3.63) is 18.2 Å². The third kappa shape index (κ3) is 3.94. The zero-order valence-electron chi connectivity index (χ0n) is 16.8. The van der Waals surface area contributed by atoms with Crippen LogP contribution in [0.2, 0.25) is 0 Å². The molecular weight excluding hydrogens is 370 g/mol. The van der Waals surface area contributed by atoms with Crippen molar-refractivity contribution in [2.24, 2.45) is 17.8 Å². The van der Waals surface area contributed by atoms with E-state index in [-0.39, 0.29) is 18.5 Å². The van der Waals surface area contributed by atoms with Crippen molar-refractivity contribution in [3.8, 4) is 11.5 Å². The smallest absolute Gasteiger partial charge is 0.306 e. The summed E-state index contributed by atoms with van der Waals surface area (Å²) in [6.07, 6.45) is 10.6. The average Bonchev–Trinajstić information content (AvgIpc) is 3.40. The summed E-state index contributed by atoms with van der Waals surface area (Å²) in [4.78, 5) is 24.3. The molecule has 3 aliphatic carbocycles. The lowest BCUT2D eigenvalue weighted by Gasteiger charge is -2.31. The molecule has 156 valence electrons. The van der Waals surface area contributed by atoms with E-state index in [9.17, 15) is 9.59 Å². The van der Waals surface area contributed by atoms with Crippen molar-refractivity contribution >= 4 is 17.6 Å². The van der Waals surface area contributed by atoms with E-state index in [1.54, 1.807) is 12.1 Å². The van der Waals surface area contributed by atoms with Crippen molar-refractivity contribution in [1.82, 2.24) is 0 Å². The van der Waals surface area contributed by atoms with Gasteiger partial charge in [-0.1, -0.05) is 12.8 Å². The summed E-state index contributed by atoms with van der Waals surface area (Å²) >= 11 is 0. The van der Waals surface area contributed by atoms with E-state index in [4.69, 9.17) is 14.2 Å². The van der Waals surface area contributed by atoms with E-state index >= 15 is 0 Å². The fourth-order valence-electron chi connectivity index (χ4n) is 5.71. The van der Waals surface area contributed by atoms with Crippen molar-refractivity contribution in [3.63, 3.8) is 0 Å². The molecule has 3 saturated carbocycles. The quantitative estimate of drug-likeness (QED) is 0.742. The number of amides is 1. The maximum atomic E-state index is 12.2. The molecule has 0 radical (unpaired) electrons. The van der Waals surface area contributed by atoms with E-state index < -0.39 is 5.79 Å². The Morgan fingerprint density at radius 1 is 1.07 bits per heavy atom. The monoisotopic (exact) mass is 399 g/mol. The van der Waals surface area contributed by atoms with Crippen molar-refractivity contribution < 1.29 is 23.8 Å². The van der Waals surface area contributed by atoms with Crippen LogP contribution in [0.25, 0.3) is 0 Å². The predicted octanol–water partition coefficient (Wildman–Crippen LogP) is 4.43. The van der Waals surface area contributed by atoms with Crippen LogP contribution in [0.15, 0.2) is 18.2 Å². The van der Waals surface area contributed by atoms with Gasteiger partial charge in [-0.05, 0) is 62.0 Å². The zero-order valence-corrected chi connectivity index (χ0v) is 16.8. The highest BCUT2D eigenvalue weighted by molar-refractivity contribution is 5.93. The Morgan fingerprint density at radius 3 is 2.66 bits per heavy atom. The maximum absolute atomic E-state index is 12.2. The highest BCUT2D eigenvalue weighted by atomic mass is 16.7. The second-order valence-electron chi connectivity index (χ2n) is 9.18. The largest absolute Gasteiger partial charge is 0.456 e. The van der Waals surface area contributed by atoms with Gasteiger partial charge in [-0.3, -0.25) is 9.59 Å². The molecule has 1 aliphatic heterocycles. The minimum atomic E-state index is -0.529. The van der Waals surface area contributed by atoms with Gasteiger partial charge in [0.2, 0.25) is 0 Å². The second-order valence-corrected chi connectivity index (χ2v) is 9.18. The number of carbonyl (C=O) groups is 2. The minimum Gasteiger partial charge on any atom is -0.456 e. The van der Waals surface area contributed by atoms with Gasteiger partial charge in [-0.25, -0.2) is 0 Å². The maximum Gasteiger partial charge on any atom is 0.306 e. The van der Waals surface area contributed by atoms with Crippen LogP contribution >= 0.6 is 0 Å². The third-order valence-electron chi connectivity index (χ3n) is 7.11. The number of ether oxygens (including phenoxy) is 3. The Kier molecular flexibility index (Phi) is 4.88. The first kappa shape index (κ1) is 18.8. The first-order valence-corrected chi connectivity index (χ1v) is 11.1. The Bertz CT molecular complexity index is 800. The van der Waals surface area contributed by atoms with Gasteiger partial charge in [-0.15, -0.1) is 0 Å². The number of esters is 1. The molecule has 1 N–H and O–H groups in total. The van der Waals surface area contributed by atoms with Gasteiger partial charge in [0.1, 0.15) is 0 Å². The number of fused-ring (bicyclic) bond motifs is 3. The highest BCUT2D eigenvalue weighted by Gasteiger charge is 2.42. The summed E-state index contributed by atoms with van der Waals surface area (Å²) in [5, 5.41) is 2.79. The van der Waals surface area contributed by atoms with Gasteiger partial charge in [0.05, 0.1) is 0 Å². The topological polar surface area (TPSA) is 73.9 Å². The highest BCUT2D eigenvalue weighted by Crippen LogP contribution is 2.49. The fourth-order valence-corrected chi connectivity index (χ4v) is 5.71. The SMILES string of the molecule is O=C(COC(=O)C[C@@H]1C[C@@H]2CC[C@@H]1C2)Nc1ccc2c(c1)OC1(CCCCC1)O2. The van der Waals surface area contributed by atoms with E-state index in [1.165, 1.54) is 25.7 Å². The Balaban J connectivity index is 1.10. The first-order chi connectivity index (χ1) is 14.1. The Morgan fingerprint density at radius 2 is 1.90 bits per heavy atom. The number of rotatable bonds is 5. The lowest BCUT2D eigenvalue weighted by molar-refractivity contribution is -0.148. The van der Waals surface area contributed by atoms with Crippen molar-refractivity contribution in [2.45, 2.75) is 70.0 Å². The van der Waals surface area contributed by atoms with Crippen molar-refractivity contribution in [1.29, 1.82) is 0 Å². The van der Waals surface area contributed by atoms with E-state index in [2.05, 4.69) is 5.32 Å². The number of nitrogens with one attached hydrogen (secondary N) is 1. The summed E-state index contributed by atoms with van der Waals surface area (Å²) in [6.45, 7) is -0.252. The molecule has 0 unspecified atom stereocenters. The summed E-state index contributed by atoms with van der Waals surface area (Å²) in [5.41, 5.74) is 0.620. The normalized spacial score (nSPS) is 28.5. The summed E-state index contributed by atoms with van der Waals surface area (Å²) in [5.74, 6) is 2.20. The number of carbonyl (C=O) groups excluding carboxylic acids is 2. The number of hydrogen-bond acceptors (Lipinski definition) is 5. The molecule has 1 amide bonds. The van der Waals surface area contributed by atoms with E-state index in [0.717, 1.165) is 43.8 Å². The minimum absolute atomic E-state index is 0.252. The second kappa shape index (κ2) is 7.54. The van der Waals surface area contributed by atoms with Gasteiger partial charge in [0.25, 0.3) is 11.7 Å². The molecule has 1 spiro atoms. The lowest BCUT2D eigenvalue weighted by Crippen LogP contribution is -2.40. The average molecular weight is 399 g/mol.